The van der Waals surface area contributed by atoms with Gasteiger partial charge in [0.25, 0.3) is 0 Å². The number of aromatic carboxylic acids is 1. The van der Waals surface area contributed by atoms with E-state index in [1.807, 2.05) is 0 Å². The van der Waals surface area contributed by atoms with Crippen LogP contribution < -0.4 is 11.4 Å². The van der Waals surface area contributed by atoms with Crippen LogP contribution in [0.5, 0.6) is 0 Å². The number of aliphatic hydroxyl groups is 2. The molecule has 1 fully saturated rings. The van der Waals surface area contributed by atoms with Gasteiger partial charge in [-0.1, -0.05) is 0 Å². The Bertz CT molecular complexity index is 658. The minimum atomic E-state index is -1.57. The number of ether oxygens (including phenoxy) is 1. The SMILES string of the molecule is Nc1nc(=O)n(C2OC(CO)C(=CF)C2O)cc1C(=O)O. The molecule has 0 saturated carbocycles. The van der Waals surface area contributed by atoms with Crippen molar-refractivity contribution in [1.82, 2.24) is 9.55 Å². The number of nitrogens with two attached hydrogens (primary N) is 1. The van der Waals surface area contributed by atoms with Crippen molar-refractivity contribution in [2.45, 2.75) is 18.4 Å². The van der Waals surface area contributed by atoms with Gasteiger partial charge in [-0.2, -0.15) is 4.98 Å². The maximum absolute atomic E-state index is 12.7. The van der Waals surface area contributed by atoms with Crippen LogP contribution in [0, 0.1) is 0 Å². The van der Waals surface area contributed by atoms with Gasteiger partial charge in [-0.05, 0) is 0 Å². The van der Waals surface area contributed by atoms with Crippen LogP contribution in [0.3, 0.4) is 0 Å². The summed E-state index contributed by atoms with van der Waals surface area (Å²) in [4.78, 5) is 26.0. The Labute approximate surface area is 116 Å². The molecule has 0 radical (unpaired) electrons. The summed E-state index contributed by atoms with van der Waals surface area (Å²) in [6.07, 6.45) is -3.22. The molecule has 9 nitrogen and oxygen atoms in total. The molecule has 0 spiro atoms. The van der Waals surface area contributed by atoms with Crippen LogP contribution >= 0.6 is 0 Å². The smallest absolute Gasteiger partial charge is 0.351 e. The maximum Gasteiger partial charge on any atom is 0.351 e. The van der Waals surface area contributed by atoms with Gasteiger partial charge < -0.3 is 25.8 Å². The highest BCUT2D eigenvalue weighted by Gasteiger charge is 2.40. The molecule has 3 unspecified atom stereocenters. The third-order valence-corrected chi connectivity index (χ3v) is 3.06. The molecule has 114 valence electrons. The number of hydrogen-bond donors (Lipinski definition) is 4. The first-order valence-corrected chi connectivity index (χ1v) is 5.77. The highest BCUT2D eigenvalue weighted by molar-refractivity contribution is 5.92. The van der Waals surface area contributed by atoms with Gasteiger partial charge in [-0.3, -0.25) is 4.57 Å². The Morgan fingerprint density at radius 3 is 2.76 bits per heavy atom. The molecular weight excluding hydrogens is 289 g/mol. The van der Waals surface area contributed by atoms with E-state index in [1.165, 1.54) is 0 Å². The van der Waals surface area contributed by atoms with Crippen molar-refractivity contribution >= 4 is 11.8 Å². The second-order valence-corrected chi connectivity index (χ2v) is 4.29. The van der Waals surface area contributed by atoms with Gasteiger partial charge in [-0.25, -0.2) is 14.0 Å². The number of carboxylic acids is 1. The highest BCUT2D eigenvalue weighted by atomic mass is 19.1. The van der Waals surface area contributed by atoms with Crippen molar-refractivity contribution in [2.24, 2.45) is 0 Å². The van der Waals surface area contributed by atoms with Gasteiger partial charge in [0.1, 0.15) is 23.6 Å². The zero-order valence-corrected chi connectivity index (χ0v) is 10.5. The zero-order chi connectivity index (χ0) is 15.7. The molecule has 1 aromatic heterocycles. The number of aliphatic hydroxyl groups excluding tert-OH is 2. The van der Waals surface area contributed by atoms with Gasteiger partial charge >= 0.3 is 11.7 Å². The lowest BCUT2D eigenvalue weighted by Gasteiger charge is -2.17. The van der Waals surface area contributed by atoms with E-state index >= 15 is 0 Å². The molecule has 3 atom stereocenters. The van der Waals surface area contributed by atoms with Crippen molar-refractivity contribution in [3.8, 4) is 0 Å². The summed E-state index contributed by atoms with van der Waals surface area (Å²) in [5, 5.41) is 27.9. The lowest BCUT2D eigenvalue weighted by Crippen LogP contribution is -2.33. The number of hydrogen-bond acceptors (Lipinski definition) is 7. The molecular formula is C11H12FN3O6. The van der Waals surface area contributed by atoms with Gasteiger partial charge in [0, 0.05) is 11.8 Å². The first-order valence-electron chi connectivity index (χ1n) is 5.77. The summed E-state index contributed by atoms with van der Waals surface area (Å²) in [6.45, 7) is -0.619. The predicted octanol–water partition coefficient (Wildman–Crippen LogP) is -1.37. The van der Waals surface area contributed by atoms with E-state index in [1.54, 1.807) is 0 Å². The minimum absolute atomic E-state index is 0.0689. The summed E-state index contributed by atoms with van der Waals surface area (Å²) >= 11 is 0. The lowest BCUT2D eigenvalue weighted by molar-refractivity contribution is -0.0528. The molecule has 1 aromatic rings. The number of nitrogens with zero attached hydrogens (tertiary/aromatic N) is 2. The normalized spacial score (nSPS) is 27.2. The Morgan fingerprint density at radius 2 is 2.29 bits per heavy atom. The Kier molecular flexibility index (Phi) is 4.02. The quantitative estimate of drug-likeness (QED) is 0.534. The standard InChI is InChI=1S/C11H12FN3O6/c12-1-4-6(3-16)21-9(7(4)17)15-2-5(10(18)19)8(13)14-11(15)20/h1-2,6-7,9,16-17H,3H2,(H,18,19)(H2,13,14,20). The summed E-state index contributed by atoms with van der Waals surface area (Å²) in [5.74, 6) is -1.92. The van der Waals surface area contributed by atoms with E-state index in [-0.39, 0.29) is 11.9 Å². The minimum Gasteiger partial charge on any atom is -0.478 e. The van der Waals surface area contributed by atoms with Crippen LogP contribution in [-0.2, 0) is 4.74 Å². The fourth-order valence-electron chi connectivity index (χ4n) is 2.01. The number of halogens is 1. The highest BCUT2D eigenvalue weighted by Crippen LogP contribution is 2.32. The van der Waals surface area contributed by atoms with Crippen molar-refractivity contribution in [1.29, 1.82) is 0 Å². The number of aromatic nitrogens is 2. The molecule has 0 aromatic carbocycles. The van der Waals surface area contributed by atoms with Crippen LogP contribution in [0.4, 0.5) is 10.2 Å². The van der Waals surface area contributed by atoms with Crippen LogP contribution in [0.2, 0.25) is 0 Å². The Morgan fingerprint density at radius 1 is 1.62 bits per heavy atom. The molecule has 5 N–H and O–H groups in total. The summed E-state index contributed by atoms with van der Waals surface area (Å²) < 4.78 is 18.5. The maximum atomic E-state index is 12.7. The Hall–Kier alpha value is -2.30. The average Bonchev–Trinajstić information content (AvgIpc) is 2.74. The Balaban J connectivity index is 2.50. The number of carboxylic acid groups (broad SMARTS) is 1. The van der Waals surface area contributed by atoms with Gasteiger partial charge in [0.15, 0.2) is 6.23 Å². The number of rotatable bonds is 3. The fourth-order valence-corrected chi connectivity index (χ4v) is 2.01. The number of nitrogen functional groups attached to an aromatic ring is 1. The zero-order valence-electron chi connectivity index (χ0n) is 10.5. The second kappa shape index (κ2) is 5.60. The molecule has 2 rings (SSSR count). The van der Waals surface area contributed by atoms with Crippen LogP contribution in [-0.4, -0.2) is 49.7 Å². The predicted molar refractivity (Wildman–Crippen MR) is 66.1 cm³/mol. The van der Waals surface area contributed by atoms with Gasteiger partial charge in [-0.15, -0.1) is 0 Å². The summed E-state index contributed by atoms with van der Waals surface area (Å²) in [5.41, 5.74) is 3.61. The van der Waals surface area contributed by atoms with Crippen LogP contribution in [0.25, 0.3) is 0 Å². The van der Waals surface area contributed by atoms with Crippen molar-refractivity contribution in [3.63, 3.8) is 0 Å². The van der Waals surface area contributed by atoms with E-state index in [9.17, 15) is 19.1 Å². The monoisotopic (exact) mass is 301 g/mol. The topological polar surface area (TPSA) is 148 Å². The van der Waals surface area contributed by atoms with Gasteiger partial charge in [0.2, 0.25) is 0 Å². The molecule has 0 aliphatic carbocycles. The molecule has 1 aliphatic heterocycles. The molecule has 21 heavy (non-hydrogen) atoms. The van der Waals surface area contributed by atoms with E-state index in [4.69, 9.17) is 20.7 Å². The van der Waals surface area contributed by atoms with E-state index < -0.39 is 48.1 Å². The number of carbonyl (C=O) groups is 1. The second-order valence-electron chi connectivity index (χ2n) is 4.29. The average molecular weight is 301 g/mol. The molecule has 0 bridgehead atoms. The van der Waals surface area contributed by atoms with Gasteiger partial charge in [0.05, 0.1) is 12.9 Å². The molecule has 0 amide bonds. The van der Waals surface area contributed by atoms with Crippen molar-refractivity contribution in [3.05, 3.63) is 34.1 Å². The third-order valence-electron chi connectivity index (χ3n) is 3.06. The molecule has 2 heterocycles. The largest absolute Gasteiger partial charge is 0.478 e. The van der Waals surface area contributed by atoms with E-state index in [2.05, 4.69) is 4.98 Å². The van der Waals surface area contributed by atoms with Crippen LogP contribution in [0.15, 0.2) is 22.9 Å². The molecule has 10 heteroatoms. The van der Waals surface area contributed by atoms with Crippen molar-refractivity contribution in [2.75, 3.05) is 12.3 Å². The lowest BCUT2D eigenvalue weighted by atomic mass is 10.1. The first-order chi connectivity index (χ1) is 9.90. The van der Waals surface area contributed by atoms with Crippen LogP contribution in [0.1, 0.15) is 16.6 Å². The fraction of sp³-hybridized carbons (Fsp3) is 0.364. The third kappa shape index (κ3) is 2.51. The van der Waals surface area contributed by atoms with Crippen molar-refractivity contribution < 1.29 is 29.2 Å². The first kappa shape index (κ1) is 15.1. The van der Waals surface area contributed by atoms with E-state index in [0.717, 1.165) is 6.20 Å². The summed E-state index contributed by atoms with van der Waals surface area (Å²) in [6, 6.07) is 0. The summed E-state index contributed by atoms with van der Waals surface area (Å²) in [7, 11) is 0. The molecule has 1 aliphatic rings. The molecule has 1 saturated heterocycles. The van der Waals surface area contributed by atoms with E-state index in [0.29, 0.717) is 4.57 Å². The number of anilines is 1.